The monoisotopic (exact) mass is 391 g/mol. The van der Waals surface area contributed by atoms with Crippen LogP contribution in [0.5, 0.6) is 0 Å². The van der Waals surface area contributed by atoms with E-state index in [2.05, 4.69) is 26.9 Å². The van der Waals surface area contributed by atoms with E-state index in [-0.39, 0.29) is 17.2 Å². The Kier molecular flexibility index (Phi) is 5.05. The van der Waals surface area contributed by atoms with Gasteiger partial charge >= 0.3 is 0 Å². The highest BCUT2D eigenvalue weighted by Gasteiger charge is 2.43. The first kappa shape index (κ1) is 18.0. The Hall–Kier alpha value is -1.41. The minimum Gasteiger partial charge on any atom is -0.304 e. The SMILES string of the molecule is CCc1nc2n(n1)C(=O)C(C(c1ccc(Cl)cc1)N1CCN(C)CC1)S2. The topological polar surface area (TPSA) is 54.3 Å². The van der Waals surface area contributed by atoms with Crippen molar-refractivity contribution < 1.29 is 4.79 Å². The molecule has 2 unspecified atom stereocenters. The molecule has 3 heterocycles. The van der Waals surface area contributed by atoms with Gasteiger partial charge < -0.3 is 4.90 Å². The number of likely N-dealkylation sites (N-methyl/N-ethyl adjacent to an activating group) is 1. The largest absolute Gasteiger partial charge is 0.304 e. The van der Waals surface area contributed by atoms with Crippen LogP contribution in [0.1, 0.15) is 29.1 Å². The zero-order valence-corrected chi connectivity index (χ0v) is 16.5. The lowest BCUT2D eigenvalue weighted by Crippen LogP contribution is -2.49. The average molecular weight is 392 g/mol. The molecule has 0 amide bonds. The summed E-state index contributed by atoms with van der Waals surface area (Å²) in [7, 11) is 2.13. The van der Waals surface area contributed by atoms with Crippen molar-refractivity contribution in [3.05, 3.63) is 40.7 Å². The predicted molar refractivity (Wildman–Crippen MR) is 103 cm³/mol. The lowest BCUT2D eigenvalue weighted by molar-refractivity contribution is 0.0766. The highest BCUT2D eigenvalue weighted by molar-refractivity contribution is 8.00. The van der Waals surface area contributed by atoms with Gasteiger partial charge in [0.15, 0.2) is 11.0 Å². The second-order valence-corrected chi connectivity index (χ2v) is 8.33. The van der Waals surface area contributed by atoms with Gasteiger partial charge in [0.1, 0.15) is 5.25 Å². The first-order valence-corrected chi connectivity index (χ1v) is 10.2. The molecule has 1 fully saturated rings. The van der Waals surface area contributed by atoms with Gasteiger partial charge in [0, 0.05) is 37.6 Å². The number of thioether (sulfide) groups is 1. The summed E-state index contributed by atoms with van der Waals surface area (Å²) in [5.41, 5.74) is 1.12. The molecular weight excluding hydrogens is 370 g/mol. The van der Waals surface area contributed by atoms with Gasteiger partial charge in [0.05, 0.1) is 6.04 Å². The van der Waals surface area contributed by atoms with Crippen LogP contribution >= 0.6 is 23.4 Å². The summed E-state index contributed by atoms with van der Waals surface area (Å²) in [6.45, 7) is 5.86. The maximum absolute atomic E-state index is 13.1. The summed E-state index contributed by atoms with van der Waals surface area (Å²) in [5.74, 6) is 0.748. The van der Waals surface area contributed by atoms with Crippen LogP contribution in [0, 0.1) is 0 Å². The van der Waals surface area contributed by atoms with Crippen LogP contribution < -0.4 is 0 Å². The lowest BCUT2D eigenvalue weighted by Gasteiger charge is -2.39. The first-order chi connectivity index (χ1) is 12.6. The van der Waals surface area contributed by atoms with Gasteiger partial charge in [-0.05, 0) is 24.7 Å². The molecule has 0 N–H and O–H groups in total. The van der Waals surface area contributed by atoms with E-state index in [1.807, 2.05) is 31.2 Å². The van der Waals surface area contributed by atoms with Gasteiger partial charge in [-0.15, -0.1) is 5.10 Å². The van der Waals surface area contributed by atoms with E-state index in [1.165, 1.54) is 16.4 Å². The number of carbonyl (C=O) groups excluding carboxylic acids is 1. The van der Waals surface area contributed by atoms with Crippen molar-refractivity contribution in [2.24, 2.45) is 0 Å². The van der Waals surface area contributed by atoms with E-state index < -0.39 is 0 Å². The molecule has 0 bridgehead atoms. The minimum atomic E-state index is -0.236. The second kappa shape index (κ2) is 7.31. The Labute approximate surface area is 162 Å². The van der Waals surface area contributed by atoms with Crippen molar-refractivity contribution >= 4 is 29.3 Å². The number of aryl methyl sites for hydroxylation is 1. The molecule has 6 nitrogen and oxygen atoms in total. The maximum atomic E-state index is 13.1. The Morgan fingerprint density at radius 3 is 2.54 bits per heavy atom. The predicted octanol–water partition coefficient (Wildman–Crippen LogP) is 2.60. The Balaban J connectivity index is 1.66. The van der Waals surface area contributed by atoms with Crippen molar-refractivity contribution in [3.63, 3.8) is 0 Å². The van der Waals surface area contributed by atoms with Crippen LogP contribution in [0.15, 0.2) is 29.4 Å². The van der Waals surface area contributed by atoms with Crippen LogP contribution in [0.2, 0.25) is 5.02 Å². The molecule has 8 heteroatoms. The normalized spacial score (nSPS) is 22.6. The molecule has 0 radical (unpaired) electrons. The molecule has 4 rings (SSSR count). The number of piperazine rings is 1. The van der Waals surface area contributed by atoms with Gasteiger partial charge in [0.25, 0.3) is 5.91 Å². The van der Waals surface area contributed by atoms with E-state index in [4.69, 9.17) is 11.6 Å². The van der Waals surface area contributed by atoms with E-state index in [9.17, 15) is 4.79 Å². The van der Waals surface area contributed by atoms with Crippen LogP contribution in [-0.4, -0.2) is 68.9 Å². The standard InChI is InChI=1S/C18H22ClN5OS/c1-3-14-20-18-24(21-14)17(25)16(26-18)15(12-4-6-13(19)7-5-12)23-10-8-22(2)9-11-23/h4-7,15-16H,3,8-11H2,1-2H3. The molecule has 2 aromatic rings. The maximum Gasteiger partial charge on any atom is 0.264 e. The Morgan fingerprint density at radius 1 is 1.23 bits per heavy atom. The quantitative estimate of drug-likeness (QED) is 0.798. The smallest absolute Gasteiger partial charge is 0.264 e. The molecule has 0 saturated carbocycles. The third-order valence-corrected chi connectivity index (χ3v) is 6.49. The first-order valence-electron chi connectivity index (χ1n) is 8.91. The van der Waals surface area contributed by atoms with Gasteiger partial charge in [-0.1, -0.05) is 42.4 Å². The summed E-state index contributed by atoms with van der Waals surface area (Å²) in [6.07, 6.45) is 0.734. The number of fused-ring (bicyclic) bond motifs is 1. The van der Waals surface area contributed by atoms with Crippen LogP contribution in [-0.2, 0) is 6.42 Å². The van der Waals surface area contributed by atoms with Crippen molar-refractivity contribution in [2.45, 2.75) is 29.8 Å². The highest BCUT2D eigenvalue weighted by atomic mass is 35.5. The van der Waals surface area contributed by atoms with Crippen molar-refractivity contribution in [2.75, 3.05) is 33.2 Å². The fraction of sp³-hybridized carbons (Fsp3) is 0.500. The second-order valence-electron chi connectivity index (χ2n) is 6.79. The van der Waals surface area contributed by atoms with Gasteiger partial charge in [0.2, 0.25) is 0 Å². The van der Waals surface area contributed by atoms with E-state index >= 15 is 0 Å². The van der Waals surface area contributed by atoms with Crippen molar-refractivity contribution in [1.29, 1.82) is 0 Å². The number of carbonyl (C=O) groups is 1. The van der Waals surface area contributed by atoms with Crippen molar-refractivity contribution in [3.8, 4) is 0 Å². The molecule has 2 atom stereocenters. The molecule has 1 saturated heterocycles. The number of hydrogen-bond donors (Lipinski definition) is 0. The van der Waals surface area contributed by atoms with Crippen LogP contribution in [0.25, 0.3) is 0 Å². The molecule has 138 valence electrons. The van der Waals surface area contributed by atoms with E-state index in [1.54, 1.807) is 0 Å². The van der Waals surface area contributed by atoms with Crippen LogP contribution in [0.3, 0.4) is 0 Å². The van der Waals surface area contributed by atoms with Gasteiger partial charge in [-0.2, -0.15) is 4.68 Å². The molecule has 1 aromatic heterocycles. The van der Waals surface area contributed by atoms with E-state index in [0.717, 1.165) is 44.0 Å². The fourth-order valence-electron chi connectivity index (χ4n) is 3.53. The zero-order valence-electron chi connectivity index (χ0n) is 14.9. The summed E-state index contributed by atoms with van der Waals surface area (Å²) in [6, 6.07) is 7.86. The molecule has 2 aliphatic rings. The van der Waals surface area contributed by atoms with Crippen LogP contribution in [0.4, 0.5) is 0 Å². The molecule has 0 aliphatic carbocycles. The Morgan fingerprint density at radius 2 is 1.92 bits per heavy atom. The third-order valence-electron chi connectivity index (χ3n) is 5.05. The summed E-state index contributed by atoms with van der Waals surface area (Å²) >= 11 is 7.62. The minimum absolute atomic E-state index is 0.00737. The molecule has 1 aromatic carbocycles. The molecule has 26 heavy (non-hydrogen) atoms. The number of hydrogen-bond acceptors (Lipinski definition) is 6. The number of rotatable bonds is 4. The number of halogens is 1. The van der Waals surface area contributed by atoms with Gasteiger partial charge in [-0.3, -0.25) is 9.69 Å². The zero-order chi connectivity index (χ0) is 18.3. The number of nitrogens with zero attached hydrogens (tertiary/aromatic N) is 5. The van der Waals surface area contributed by atoms with Crippen molar-refractivity contribution in [1.82, 2.24) is 24.6 Å². The third kappa shape index (κ3) is 3.29. The van der Waals surface area contributed by atoms with Gasteiger partial charge in [-0.25, -0.2) is 4.98 Å². The molecule has 0 spiro atoms. The Bertz CT molecular complexity index is 800. The molecular formula is C18H22ClN5OS. The fourth-order valence-corrected chi connectivity index (χ4v) is 4.93. The lowest BCUT2D eigenvalue weighted by atomic mass is 10.00. The van der Waals surface area contributed by atoms with E-state index in [0.29, 0.717) is 10.2 Å². The summed E-state index contributed by atoms with van der Waals surface area (Å²) in [5, 5.41) is 5.56. The molecule has 2 aliphatic heterocycles. The summed E-state index contributed by atoms with van der Waals surface area (Å²) in [4.78, 5) is 22.3. The average Bonchev–Trinajstić information content (AvgIpc) is 3.18. The number of benzene rings is 1. The summed E-state index contributed by atoms with van der Waals surface area (Å²) < 4.78 is 1.49. The highest BCUT2D eigenvalue weighted by Crippen LogP contribution is 2.41. The number of aromatic nitrogens is 3.